The number of nitrogens with one attached hydrogen (secondary N) is 1. The lowest BCUT2D eigenvalue weighted by Crippen LogP contribution is -2.30. The molecule has 0 saturated heterocycles. The highest BCUT2D eigenvalue weighted by Gasteiger charge is 2.19. The Hall–Kier alpha value is -1.85. The summed E-state index contributed by atoms with van der Waals surface area (Å²) in [5, 5.41) is 9.93. The van der Waals surface area contributed by atoms with Crippen molar-refractivity contribution in [3.63, 3.8) is 0 Å². The zero-order valence-corrected chi connectivity index (χ0v) is 13.7. The number of aryl methyl sites for hydroxylation is 1. The number of nitrogens with zero attached hydrogens (tertiary/aromatic N) is 2. The number of hydrogen-bond acceptors (Lipinski definition) is 3. The average molecular weight is 322 g/mol. The van der Waals surface area contributed by atoms with E-state index >= 15 is 0 Å². The normalized spacial score (nSPS) is 12.2. The van der Waals surface area contributed by atoms with Crippen LogP contribution in [0.2, 0.25) is 5.02 Å². The Bertz CT molecular complexity index is 667. The predicted octanol–water partition coefficient (Wildman–Crippen LogP) is 2.88. The second-order valence-corrected chi connectivity index (χ2v) is 5.87. The Kier molecular flexibility index (Phi) is 5.21. The van der Waals surface area contributed by atoms with Crippen molar-refractivity contribution < 1.29 is 9.90 Å². The van der Waals surface area contributed by atoms with E-state index in [0.717, 1.165) is 5.56 Å². The minimum Gasteiger partial charge on any atom is -0.393 e. The summed E-state index contributed by atoms with van der Waals surface area (Å²) < 4.78 is 0. The first-order valence-electron chi connectivity index (χ1n) is 7.14. The van der Waals surface area contributed by atoms with E-state index in [-0.39, 0.29) is 5.91 Å². The van der Waals surface area contributed by atoms with Gasteiger partial charge in [-0.2, -0.15) is 0 Å². The van der Waals surface area contributed by atoms with Crippen LogP contribution in [0.3, 0.4) is 0 Å². The number of halogens is 1. The molecule has 0 saturated carbocycles. The molecule has 0 spiro atoms. The standard InChI is InChI=1S/C16H20ClN3O2/c1-10(21)7-8-20(3)16(22)14-11(2)18-15(19-14)12-5-4-6-13(17)9-12/h4-6,9-10,21H,7-8H2,1-3H3,(H,18,19). The van der Waals surface area contributed by atoms with Crippen LogP contribution in [0.15, 0.2) is 24.3 Å². The number of carbonyl (C=O) groups excluding carboxylic acids is 1. The van der Waals surface area contributed by atoms with Crippen LogP contribution < -0.4 is 0 Å². The molecule has 22 heavy (non-hydrogen) atoms. The molecule has 1 aromatic heterocycles. The first-order valence-corrected chi connectivity index (χ1v) is 7.52. The van der Waals surface area contributed by atoms with Gasteiger partial charge >= 0.3 is 0 Å². The number of aliphatic hydroxyl groups is 1. The summed E-state index contributed by atoms with van der Waals surface area (Å²) in [7, 11) is 1.71. The van der Waals surface area contributed by atoms with Crippen LogP contribution >= 0.6 is 11.6 Å². The van der Waals surface area contributed by atoms with Crippen LogP contribution in [0, 0.1) is 6.92 Å². The van der Waals surface area contributed by atoms with E-state index in [2.05, 4.69) is 9.97 Å². The first kappa shape index (κ1) is 16.5. The van der Waals surface area contributed by atoms with Crippen molar-refractivity contribution in [1.29, 1.82) is 0 Å². The molecule has 1 amide bonds. The molecular formula is C16H20ClN3O2. The topological polar surface area (TPSA) is 69.2 Å². The molecule has 1 unspecified atom stereocenters. The largest absolute Gasteiger partial charge is 0.393 e. The molecule has 2 aromatic rings. The molecule has 6 heteroatoms. The van der Waals surface area contributed by atoms with Gasteiger partial charge in [0.1, 0.15) is 11.5 Å². The van der Waals surface area contributed by atoms with Crippen molar-refractivity contribution >= 4 is 17.5 Å². The van der Waals surface area contributed by atoms with Crippen LogP contribution in [-0.2, 0) is 0 Å². The van der Waals surface area contributed by atoms with Crippen LogP contribution in [0.25, 0.3) is 11.4 Å². The lowest BCUT2D eigenvalue weighted by molar-refractivity contribution is 0.0763. The highest BCUT2D eigenvalue weighted by atomic mass is 35.5. The number of rotatable bonds is 5. The maximum absolute atomic E-state index is 12.4. The van der Waals surface area contributed by atoms with Crippen molar-refractivity contribution in [3.8, 4) is 11.4 Å². The third-order valence-corrected chi connectivity index (χ3v) is 3.65. The van der Waals surface area contributed by atoms with Gasteiger partial charge in [0, 0.05) is 29.9 Å². The number of aromatic amines is 1. The predicted molar refractivity (Wildman–Crippen MR) is 87.0 cm³/mol. The number of aliphatic hydroxyl groups excluding tert-OH is 1. The van der Waals surface area contributed by atoms with Gasteiger partial charge in [-0.25, -0.2) is 4.98 Å². The highest BCUT2D eigenvalue weighted by molar-refractivity contribution is 6.30. The highest BCUT2D eigenvalue weighted by Crippen LogP contribution is 2.22. The molecule has 0 radical (unpaired) electrons. The molecule has 1 atom stereocenters. The zero-order valence-electron chi connectivity index (χ0n) is 12.9. The molecule has 5 nitrogen and oxygen atoms in total. The Morgan fingerprint density at radius 3 is 2.86 bits per heavy atom. The number of benzene rings is 1. The van der Waals surface area contributed by atoms with Gasteiger partial charge in [-0.3, -0.25) is 4.79 Å². The lowest BCUT2D eigenvalue weighted by atomic mass is 10.2. The zero-order chi connectivity index (χ0) is 16.3. The van der Waals surface area contributed by atoms with Gasteiger partial charge in [-0.1, -0.05) is 23.7 Å². The van der Waals surface area contributed by atoms with E-state index in [1.54, 1.807) is 31.0 Å². The second-order valence-electron chi connectivity index (χ2n) is 5.43. The molecule has 0 aliphatic rings. The van der Waals surface area contributed by atoms with Gasteiger partial charge in [0.2, 0.25) is 0 Å². The SMILES string of the molecule is Cc1[nH]c(-c2cccc(Cl)c2)nc1C(=O)N(C)CCC(C)O. The van der Waals surface area contributed by atoms with E-state index < -0.39 is 6.10 Å². The summed E-state index contributed by atoms with van der Waals surface area (Å²) in [6.45, 7) is 4.00. The Morgan fingerprint density at radius 1 is 1.50 bits per heavy atom. The van der Waals surface area contributed by atoms with E-state index in [1.165, 1.54) is 0 Å². The molecule has 1 aromatic carbocycles. The van der Waals surface area contributed by atoms with E-state index in [9.17, 15) is 9.90 Å². The van der Waals surface area contributed by atoms with Crippen LogP contribution in [0.1, 0.15) is 29.5 Å². The number of H-pyrrole nitrogens is 1. The maximum Gasteiger partial charge on any atom is 0.274 e. The first-order chi connectivity index (χ1) is 10.4. The molecule has 0 fully saturated rings. The number of carbonyl (C=O) groups is 1. The Balaban J connectivity index is 2.21. The number of aromatic nitrogens is 2. The lowest BCUT2D eigenvalue weighted by Gasteiger charge is -2.17. The summed E-state index contributed by atoms with van der Waals surface area (Å²) in [5.74, 6) is 0.454. The molecule has 2 N–H and O–H groups in total. The third kappa shape index (κ3) is 3.87. The van der Waals surface area contributed by atoms with Gasteiger partial charge < -0.3 is 15.0 Å². The van der Waals surface area contributed by atoms with Crippen molar-refractivity contribution in [2.24, 2.45) is 0 Å². The second kappa shape index (κ2) is 6.94. The summed E-state index contributed by atoms with van der Waals surface area (Å²) in [5.41, 5.74) is 1.94. The van der Waals surface area contributed by atoms with Crippen LogP contribution in [0.4, 0.5) is 0 Å². The molecule has 2 rings (SSSR count). The molecule has 0 aliphatic carbocycles. The van der Waals surface area contributed by atoms with Crippen molar-refractivity contribution in [3.05, 3.63) is 40.7 Å². The molecule has 1 heterocycles. The van der Waals surface area contributed by atoms with Gasteiger partial charge in [-0.05, 0) is 32.4 Å². The third-order valence-electron chi connectivity index (χ3n) is 3.41. The fraction of sp³-hybridized carbons (Fsp3) is 0.375. The minimum absolute atomic E-state index is 0.164. The van der Waals surface area contributed by atoms with E-state index in [1.807, 2.05) is 19.1 Å². The van der Waals surface area contributed by atoms with E-state index in [0.29, 0.717) is 35.2 Å². The summed E-state index contributed by atoms with van der Waals surface area (Å²) in [4.78, 5) is 21.5. The smallest absolute Gasteiger partial charge is 0.274 e. The molecule has 118 valence electrons. The minimum atomic E-state index is -0.433. The van der Waals surface area contributed by atoms with E-state index in [4.69, 9.17) is 11.6 Å². The Labute approximate surface area is 134 Å². The number of hydrogen-bond donors (Lipinski definition) is 2. The van der Waals surface area contributed by atoms with Gasteiger partial charge in [-0.15, -0.1) is 0 Å². The molecule has 0 aliphatic heterocycles. The average Bonchev–Trinajstić information content (AvgIpc) is 2.86. The molecule has 0 bridgehead atoms. The fourth-order valence-corrected chi connectivity index (χ4v) is 2.29. The fourth-order valence-electron chi connectivity index (χ4n) is 2.10. The number of imidazole rings is 1. The van der Waals surface area contributed by atoms with Gasteiger partial charge in [0.15, 0.2) is 0 Å². The molecular weight excluding hydrogens is 302 g/mol. The van der Waals surface area contributed by atoms with Crippen LogP contribution in [0.5, 0.6) is 0 Å². The van der Waals surface area contributed by atoms with Gasteiger partial charge in [0.25, 0.3) is 5.91 Å². The van der Waals surface area contributed by atoms with Crippen LogP contribution in [-0.4, -0.2) is 45.6 Å². The van der Waals surface area contributed by atoms with Crippen molar-refractivity contribution in [2.75, 3.05) is 13.6 Å². The van der Waals surface area contributed by atoms with Gasteiger partial charge in [0.05, 0.1) is 6.10 Å². The summed E-state index contributed by atoms with van der Waals surface area (Å²) >= 11 is 5.98. The number of amides is 1. The monoisotopic (exact) mass is 321 g/mol. The van der Waals surface area contributed by atoms with Crippen molar-refractivity contribution in [1.82, 2.24) is 14.9 Å². The van der Waals surface area contributed by atoms with Crippen molar-refractivity contribution in [2.45, 2.75) is 26.4 Å². The quantitative estimate of drug-likeness (QED) is 0.889. The maximum atomic E-state index is 12.4. The Morgan fingerprint density at radius 2 is 2.23 bits per heavy atom. The summed E-state index contributed by atoms with van der Waals surface area (Å²) in [6.07, 6.45) is 0.102. The summed E-state index contributed by atoms with van der Waals surface area (Å²) in [6, 6.07) is 7.31.